The summed E-state index contributed by atoms with van der Waals surface area (Å²) < 4.78 is 7.47. The minimum Gasteiger partial charge on any atom is -0.356 e. The summed E-state index contributed by atoms with van der Waals surface area (Å²) in [5.41, 5.74) is 0.903. The summed E-state index contributed by atoms with van der Waals surface area (Å²) in [4.78, 5) is 15.8. The van der Waals surface area contributed by atoms with Gasteiger partial charge in [0.1, 0.15) is 11.6 Å². The van der Waals surface area contributed by atoms with Crippen molar-refractivity contribution in [2.24, 2.45) is 13.0 Å². The van der Waals surface area contributed by atoms with E-state index in [2.05, 4.69) is 36.6 Å². The van der Waals surface area contributed by atoms with Gasteiger partial charge < -0.3 is 14.0 Å². The first-order chi connectivity index (χ1) is 12.2. The van der Waals surface area contributed by atoms with Gasteiger partial charge in [-0.15, -0.1) is 0 Å². The van der Waals surface area contributed by atoms with Crippen LogP contribution in [0.15, 0.2) is 35.2 Å². The normalized spacial score (nSPS) is 17.8. The summed E-state index contributed by atoms with van der Waals surface area (Å²) >= 11 is 0. The van der Waals surface area contributed by atoms with E-state index in [1.807, 2.05) is 37.6 Å². The maximum atomic E-state index is 5.37. The summed E-state index contributed by atoms with van der Waals surface area (Å²) in [6.45, 7) is 3.78. The number of rotatable bonds is 4. The highest BCUT2D eigenvalue weighted by Crippen LogP contribution is 2.31. The summed E-state index contributed by atoms with van der Waals surface area (Å²) in [7, 11) is 2.05. The van der Waals surface area contributed by atoms with E-state index in [1.54, 1.807) is 0 Å². The van der Waals surface area contributed by atoms with E-state index >= 15 is 0 Å². The molecule has 25 heavy (non-hydrogen) atoms. The molecular formula is C18H22N6O. The molecule has 1 aliphatic rings. The number of nitrogens with zero attached hydrogens (tertiary/aromatic N) is 6. The van der Waals surface area contributed by atoms with Crippen LogP contribution in [0.1, 0.15) is 24.5 Å². The topological polar surface area (TPSA) is 72.9 Å². The van der Waals surface area contributed by atoms with E-state index in [0.29, 0.717) is 17.6 Å². The molecule has 1 fully saturated rings. The molecule has 0 saturated carbocycles. The average molecular weight is 338 g/mol. The first-order valence-corrected chi connectivity index (χ1v) is 8.67. The van der Waals surface area contributed by atoms with Crippen LogP contribution in [0.4, 0.5) is 5.82 Å². The number of pyridine rings is 1. The third-order valence-electron chi connectivity index (χ3n) is 4.76. The van der Waals surface area contributed by atoms with Gasteiger partial charge in [0.25, 0.3) is 5.89 Å². The molecule has 0 aromatic carbocycles. The molecule has 4 rings (SSSR count). The number of aromatic nitrogens is 5. The van der Waals surface area contributed by atoms with E-state index in [9.17, 15) is 0 Å². The molecule has 0 radical (unpaired) electrons. The molecule has 0 N–H and O–H groups in total. The first kappa shape index (κ1) is 15.8. The lowest BCUT2D eigenvalue weighted by molar-refractivity contribution is 0.400. The van der Waals surface area contributed by atoms with Crippen molar-refractivity contribution in [3.8, 4) is 11.5 Å². The second-order valence-corrected chi connectivity index (χ2v) is 6.63. The summed E-state index contributed by atoms with van der Waals surface area (Å²) in [6, 6.07) is 3.91. The van der Waals surface area contributed by atoms with E-state index in [1.165, 1.54) is 6.42 Å². The van der Waals surface area contributed by atoms with Crippen molar-refractivity contribution in [3.05, 3.63) is 42.4 Å². The predicted molar refractivity (Wildman–Crippen MR) is 94.1 cm³/mol. The van der Waals surface area contributed by atoms with Crippen LogP contribution >= 0.6 is 0 Å². The lowest BCUT2D eigenvalue weighted by Gasteiger charge is -2.34. The van der Waals surface area contributed by atoms with Gasteiger partial charge in [-0.1, -0.05) is 5.16 Å². The monoisotopic (exact) mass is 338 g/mol. The van der Waals surface area contributed by atoms with Crippen molar-refractivity contribution in [3.63, 3.8) is 0 Å². The van der Waals surface area contributed by atoms with Crippen LogP contribution < -0.4 is 4.90 Å². The molecule has 1 aliphatic heterocycles. The van der Waals surface area contributed by atoms with Gasteiger partial charge in [0.2, 0.25) is 0 Å². The van der Waals surface area contributed by atoms with E-state index in [0.717, 1.165) is 43.1 Å². The molecule has 1 atom stereocenters. The number of piperidine rings is 1. The Balaban J connectivity index is 1.56. The molecule has 7 nitrogen and oxygen atoms in total. The number of hydrogen-bond acceptors (Lipinski definition) is 6. The lowest BCUT2D eigenvalue weighted by atomic mass is 9.94. The predicted octanol–water partition coefficient (Wildman–Crippen LogP) is 2.63. The Hall–Kier alpha value is -2.70. The Kier molecular flexibility index (Phi) is 4.21. The zero-order valence-electron chi connectivity index (χ0n) is 14.6. The van der Waals surface area contributed by atoms with Crippen LogP contribution in [0.3, 0.4) is 0 Å². The summed E-state index contributed by atoms with van der Waals surface area (Å²) in [5.74, 6) is 3.80. The van der Waals surface area contributed by atoms with E-state index < -0.39 is 0 Å². The van der Waals surface area contributed by atoms with Gasteiger partial charge in [0.05, 0.1) is 5.56 Å². The van der Waals surface area contributed by atoms with Crippen molar-refractivity contribution >= 4 is 5.82 Å². The fourth-order valence-electron chi connectivity index (χ4n) is 3.50. The Morgan fingerprint density at radius 3 is 2.96 bits per heavy atom. The van der Waals surface area contributed by atoms with Gasteiger partial charge >= 0.3 is 0 Å². The molecule has 0 spiro atoms. The molecule has 3 aromatic rings. The van der Waals surface area contributed by atoms with Gasteiger partial charge in [-0.25, -0.2) is 9.97 Å². The van der Waals surface area contributed by atoms with Gasteiger partial charge in [-0.3, -0.25) is 0 Å². The van der Waals surface area contributed by atoms with Crippen LogP contribution in [0.25, 0.3) is 11.5 Å². The van der Waals surface area contributed by atoms with Gasteiger partial charge in [0.15, 0.2) is 5.82 Å². The number of aryl methyl sites for hydroxylation is 2. The largest absolute Gasteiger partial charge is 0.356 e. The molecular weight excluding hydrogens is 316 g/mol. The smallest absolute Gasteiger partial charge is 0.261 e. The molecule has 4 heterocycles. The molecule has 1 saturated heterocycles. The van der Waals surface area contributed by atoms with Crippen molar-refractivity contribution < 1.29 is 4.52 Å². The van der Waals surface area contributed by atoms with Crippen LogP contribution in [-0.4, -0.2) is 37.8 Å². The highest BCUT2D eigenvalue weighted by atomic mass is 16.5. The molecule has 0 aliphatic carbocycles. The summed E-state index contributed by atoms with van der Waals surface area (Å²) in [5, 5.41) is 3.91. The second kappa shape index (κ2) is 6.66. The lowest BCUT2D eigenvalue weighted by Crippen LogP contribution is -2.37. The van der Waals surface area contributed by atoms with Gasteiger partial charge in [0, 0.05) is 45.1 Å². The van der Waals surface area contributed by atoms with E-state index in [-0.39, 0.29) is 0 Å². The average Bonchev–Trinajstić information content (AvgIpc) is 3.24. The highest BCUT2D eigenvalue weighted by Gasteiger charge is 2.25. The molecule has 0 amide bonds. The van der Waals surface area contributed by atoms with Gasteiger partial charge in [-0.05, 0) is 37.8 Å². The molecule has 0 bridgehead atoms. The van der Waals surface area contributed by atoms with Crippen molar-refractivity contribution in [2.45, 2.75) is 26.2 Å². The zero-order chi connectivity index (χ0) is 17.2. The van der Waals surface area contributed by atoms with Crippen LogP contribution in [0.2, 0.25) is 0 Å². The SMILES string of the molecule is Cc1noc(-c2cccnc2N2CCC[C@H](Cc3nccn3C)C2)n1. The number of imidazole rings is 1. The third kappa shape index (κ3) is 3.26. The standard InChI is InChI=1S/C18H22N6O/c1-13-21-18(25-22-13)15-6-3-7-20-17(15)24-9-4-5-14(12-24)11-16-19-8-10-23(16)2/h3,6-8,10,14H,4-5,9,11-12H2,1-2H3/t14-/m1/s1. The third-order valence-corrected chi connectivity index (χ3v) is 4.76. The number of anilines is 1. The Morgan fingerprint density at radius 2 is 2.20 bits per heavy atom. The van der Waals surface area contributed by atoms with Crippen LogP contribution in [0.5, 0.6) is 0 Å². The summed E-state index contributed by atoms with van der Waals surface area (Å²) in [6.07, 6.45) is 9.04. The van der Waals surface area contributed by atoms with Gasteiger partial charge in [-0.2, -0.15) is 4.98 Å². The van der Waals surface area contributed by atoms with Crippen molar-refractivity contribution in [2.75, 3.05) is 18.0 Å². The molecule has 130 valence electrons. The molecule has 3 aromatic heterocycles. The fraction of sp³-hybridized carbons (Fsp3) is 0.444. The number of hydrogen-bond donors (Lipinski definition) is 0. The minimum absolute atomic E-state index is 0.534. The second-order valence-electron chi connectivity index (χ2n) is 6.63. The molecule has 7 heteroatoms. The fourth-order valence-corrected chi connectivity index (χ4v) is 3.50. The quantitative estimate of drug-likeness (QED) is 0.728. The van der Waals surface area contributed by atoms with Crippen LogP contribution in [0, 0.1) is 12.8 Å². The highest BCUT2D eigenvalue weighted by molar-refractivity contribution is 5.69. The molecule has 0 unspecified atom stereocenters. The van der Waals surface area contributed by atoms with Crippen LogP contribution in [-0.2, 0) is 13.5 Å². The Labute approximate surface area is 146 Å². The Morgan fingerprint density at radius 1 is 1.28 bits per heavy atom. The zero-order valence-corrected chi connectivity index (χ0v) is 14.6. The Bertz CT molecular complexity index is 855. The van der Waals surface area contributed by atoms with Crippen molar-refractivity contribution in [1.29, 1.82) is 0 Å². The maximum Gasteiger partial charge on any atom is 0.261 e. The minimum atomic E-state index is 0.534. The maximum absolute atomic E-state index is 5.37. The van der Waals surface area contributed by atoms with Crippen molar-refractivity contribution in [1.82, 2.24) is 24.7 Å². The first-order valence-electron chi connectivity index (χ1n) is 8.67. The van der Waals surface area contributed by atoms with E-state index in [4.69, 9.17) is 4.52 Å².